The smallest absolute Gasteiger partial charge is 0.337 e. The molecular weight excluding hydrogens is 296 g/mol. The van der Waals surface area contributed by atoms with Crippen molar-refractivity contribution < 1.29 is 18.5 Å². The van der Waals surface area contributed by atoms with Crippen LogP contribution in [0.1, 0.15) is 40.3 Å². The molecule has 1 saturated carbocycles. The van der Waals surface area contributed by atoms with Crippen LogP contribution in [0.4, 0.5) is 0 Å². The molecule has 6 heteroatoms. The Balaban J connectivity index is 1.56. The number of carbonyl (C=O) groups excluding carboxylic acids is 1. The van der Waals surface area contributed by atoms with Crippen LogP contribution in [0.25, 0.3) is 11.4 Å². The van der Waals surface area contributed by atoms with Crippen LogP contribution in [0.2, 0.25) is 0 Å². The number of rotatable bonds is 4. The Labute approximate surface area is 132 Å². The summed E-state index contributed by atoms with van der Waals surface area (Å²) in [6.45, 7) is 0. The van der Waals surface area contributed by atoms with Gasteiger partial charge in [0, 0.05) is 17.4 Å². The molecule has 23 heavy (non-hydrogen) atoms. The van der Waals surface area contributed by atoms with Crippen molar-refractivity contribution in [3.63, 3.8) is 0 Å². The summed E-state index contributed by atoms with van der Waals surface area (Å²) in [6.07, 6.45) is 2.61. The van der Waals surface area contributed by atoms with Gasteiger partial charge in [-0.05, 0) is 30.7 Å². The minimum absolute atomic E-state index is 0.200. The number of carbonyl (C=O) groups is 1. The largest absolute Gasteiger partial charge is 0.469 e. The lowest BCUT2D eigenvalue weighted by atomic mass is 10.1. The Bertz CT molecular complexity index is 838. The van der Waals surface area contributed by atoms with Crippen molar-refractivity contribution in [1.29, 1.82) is 0 Å². The minimum Gasteiger partial charge on any atom is -0.469 e. The van der Waals surface area contributed by atoms with Gasteiger partial charge < -0.3 is 13.7 Å². The molecule has 0 unspecified atom stereocenters. The molecule has 0 bridgehead atoms. The summed E-state index contributed by atoms with van der Waals surface area (Å²) in [5, 5.41) is 4.02. The lowest BCUT2D eigenvalue weighted by molar-refractivity contribution is 0.0601. The molecule has 1 aliphatic rings. The Morgan fingerprint density at radius 2 is 2.17 bits per heavy atom. The van der Waals surface area contributed by atoms with Crippen LogP contribution in [0.15, 0.2) is 51.6 Å². The van der Waals surface area contributed by atoms with Gasteiger partial charge in [0.05, 0.1) is 18.9 Å². The molecule has 2 atom stereocenters. The maximum absolute atomic E-state index is 11.6. The third-order valence-corrected chi connectivity index (χ3v) is 4.00. The maximum Gasteiger partial charge on any atom is 0.337 e. The summed E-state index contributed by atoms with van der Waals surface area (Å²) in [5.41, 5.74) is 1.18. The van der Waals surface area contributed by atoms with Crippen molar-refractivity contribution in [1.82, 2.24) is 10.1 Å². The number of hydrogen-bond acceptors (Lipinski definition) is 6. The zero-order valence-electron chi connectivity index (χ0n) is 12.4. The van der Waals surface area contributed by atoms with E-state index in [-0.39, 0.29) is 5.92 Å². The summed E-state index contributed by atoms with van der Waals surface area (Å²) >= 11 is 0. The van der Waals surface area contributed by atoms with E-state index in [4.69, 9.17) is 13.7 Å². The first-order valence-corrected chi connectivity index (χ1v) is 7.32. The number of nitrogens with zero attached hydrogens (tertiary/aromatic N) is 2. The fourth-order valence-electron chi connectivity index (χ4n) is 2.69. The molecule has 0 aliphatic heterocycles. The van der Waals surface area contributed by atoms with Gasteiger partial charge in [0.15, 0.2) is 0 Å². The molecule has 0 radical (unpaired) electrons. The first-order chi connectivity index (χ1) is 11.3. The Morgan fingerprint density at radius 3 is 2.96 bits per heavy atom. The van der Waals surface area contributed by atoms with Crippen molar-refractivity contribution in [2.45, 2.75) is 18.3 Å². The van der Waals surface area contributed by atoms with Gasteiger partial charge in [0.1, 0.15) is 5.76 Å². The zero-order valence-corrected chi connectivity index (χ0v) is 12.4. The van der Waals surface area contributed by atoms with Crippen LogP contribution >= 0.6 is 0 Å². The SMILES string of the molecule is COC(=O)c1cccc(-c2noc([C@@H]3C[C@@H]3c3ccco3)n2)c1. The van der Waals surface area contributed by atoms with E-state index in [1.165, 1.54) is 7.11 Å². The molecule has 3 aromatic rings. The third-order valence-electron chi connectivity index (χ3n) is 4.00. The van der Waals surface area contributed by atoms with E-state index in [1.54, 1.807) is 24.5 Å². The molecule has 6 nitrogen and oxygen atoms in total. The Kier molecular flexibility index (Phi) is 3.22. The van der Waals surface area contributed by atoms with Gasteiger partial charge in [-0.25, -0.2) is 4.79 Å². The van der Waals surface area contributed by atoms with E-state index in [1.807, 2.05) is 18.2 Å². The average molecular weight is 310 g/mol. The fraction of sp³-hybridized carbons (Fsp3) is 0.235. The Hall–Kier alpha value is -2.89. The number of aromatic nitrogens is 2. The first kappa shape index (κ1) is 13.8. The predicted octanol–water partition coefficient (Wildman–Crippen LogP) is 3.39. The van der Waals surface area contributed by atoms with Gasteiger partial charge in [0.25, 0.3) is 0 Å². The van der Waals surface area contributed by atoms with E-state index < -0.39 is 5.97 Å². The standard InChI is InChI=1S/C17H14N2O4/c1-21-17(20)11-5-2-4-10(8-11)15-18-16(23-19-15)13-9-12(13)14-6-3-7-22-14/h2-8,12-13H,9H2,1H3/t12-,13+/m0/s1. The highest BCUT2D eigenvalue weighted by atomic mass is 16.5. The third kappa shape index (κ3) is 2.52. The van der Waals surface area contributed by atoms with E-state index in [9.17, 15) is 4.79 Å². The highest BCUT2D eigenvalue weighted by molar-refractivity contribution is 5.90. The molecule has 4 rings (SSSR count). The second-order valence-electron chi connectivity index (χ2n) is 5.49. The molecule has 0 spiro atoms. The van der Waals surface area contributed by atoms with Gasteiger partial charge >= 0.3 is 5.97 Å². The summed E-state index contributed by atoms with van der Waals surface area (Å²) in [7, 11) is 1.35. The van der Waals surface area contributed by atoms with Gasteiger partial charge in [-0.3, -0.25) is 0 Å². The van der Waals surface area contributed by atoms with Crippen LogP contribution in [-0.4, -0.2) is 23.2 Å². The highest BCUT2D eigenvalue weighted by Crippen LogP contribution is 2.54. The number of hydrogen-bond donors (Lipinski definition) is 0. The highest BCUT2D eigenvalue weighted by Gasteiger charge is 2.45. The lowest BCUT2D eigenvalue weighted by Crippen LogP contribution is -2.00. The predicted molar refractivity (Wildman–Crippen MR) is 79.9 cm³/mol. The van der Waals surface area contributed by atoms with E-state index >= 15 is 0 Å². The molecule has 2 heterocycles. The molecule has 0 amide bonds. The van der Waals surface area contributed by atoms with Crippen molar-refractivity contribution in [3.8, 4) is 11.4 Å². The molecule has 0 N–H and O–H groups in total. The van der Waals surface area contributed by atoms with Crippen molar-refractivity contribution in [2.24, 2.45) is 0 Å². The van der Waals surface area contributed by atoms with Crippen LogP contribution < -0.4 is 0 Å². The van der Waals surface area contributed by atoms with Gasteiger partial charge in [-0.2, -0.15) is 4.98 Å². The van der Waals surface area contributed by atoms with Crippen LogP contribution in [0, 0.1) is 0 Å². The molecule has 1 aromatic carbocycles. The topological polar surface area (TPSA) is 78.4 Å². The number of esters is 1. The minimum atomic E-state index is -0.393. The number of furan rings is 1. The van der Waals surface area contributed by atoms with Crippen LogP contribution in [0.5, 0.6) is 0 Å². The van der Waals surface area contributed by atoms with Crippen molar-refractivity contribution in [2.75, 3.05) is 7.11 Å². The second kappa shape index (κ2) is 5.39. The quantitative estimate of drug-likeness (QED) is 0.687. The van der Waals surface area contributed by atoms with Crippen molar-refractivity contribution >= 4 is 5.97 Å². The van der Waals surface area contributed by atoms with Crippen molar-refractivity contribution in [3.05, 3.63) is 59.9 Å². The average Bonchev–Trinajstić information content (AvgIpc) is 3.04. The fourth-order valence-corrected chi connectivity index (χ4v) is 2.69. The molecule has 0 saturated heterocycles. The normalized spacial score (nSPS) is 19.5. The lowest BCUT2D eigenvalue weighted by Gasteiger charge is -2.00. The van der Waals surface area contributed by atoms with Crippen LogP contribution in [0.3, 0.4) is 0 Å². The monoisotopic (exact) mass is 310 g/mol. The summed E-state index contributed by atoms with van der Waals surface area (Å²) < 4.78 is 15.5. The summed E-state index contributed by atoms with van der Waals surface area (Å²) in [4.78, 5) is 16.1. The van der Waals surface area contributed by atoms with Gasteiger partial charge in [-0.15, -0.1) is 0 Å². The number of methoxy groups -OCH3 is 1. The van der Waals surface area contributed by atoms with Gasteiger partial charge in [0.2, 0.25) is 11.7 Å². The molecule has 1 aliphatic carbocycles. The van der Waals surface area contributed by atoms with E-state index in [2.05, 4.69) is 10.1 Å². The Morgan fingerprint density at radius 1 is 1.26 bits per heavy atom. The zero-order chi connectivity index (χ0) is 15.8. The first-order valence-electron chi connectivity index (χ1n) is 7.32. The molecule has 1 fully saturated rings. The molecule has 2 aromatic heterocycles. The summed E-state index contributed by atoms with van der Waals surface area (Å²) in [5.74, 6) is 2.13. The second-order valence-corrected chi connectivity index (χ2v) is 5.49. The number of benzene rings is 1. The van der Waals surface area contributed by atoms with E-state index in [0.717, 1.165) is 17.7 Å². The summed E-state index contributed by atoms with van der Waals surface area (Å²) in [6, 6.07) is 10.8. The maximum atomic E-state index is 11.6. The number of ether oxygens (including phenoxy) is 1. The van der Waals surface area contributed by atoms with E-state index in [0.29, 0.717) is 23.2 Å². The molecule has 116 valence electrons. The van der Waals surface area contributed by atoms with Crippen LogP contribution in [-0.2, 0) is 4.74 Å². The molecular formula is C17H14N2O4. The van der Waals surface area contributed by atoms with Gasteiger partial charge in [-0.1, -0.05) is 17.3 Å².